The van der Waals surface area contributed by atoms with Crippen molar-refractivity contribution in [2.45, 2.75) is 6.04 Å². The summed E-state index contributed by atoms with van der Waals surface area (Å²) in [6, 6.07) is 3.56. The van der Waals surface area contributed by atoms with Gasteiger partial charge in [-0.3, -0.25) is 4.79 Å². The summed E-state index contributed by atoms with van der Waals surface area (Å²) in [5, 5.41) is 6.89. The van der Waals surface area contributed by atoms with E-state index in [0.717, 1.165) is 5.56 Å². The van der Waals surface area contributed by atoms with Crippen molar-refractivity contribution in [2.24, 2.45) is 5.92 Å². The monoisotopic (exact) mass is 455 g/mol. The maximum absolute atomic E-state index is 12.4. The first-order chi connectivity index (χ1) is 14.8. The Morgan fingerprint density at radius 1 is 1.32 bits per heavy atom. The summed E-state index contributed by atoms with van der Waals surface area (Å²) in [4.78, 5) is 12.9. The molecule has 1 saturated heterocycles. The Bertz CT molecular complexity index is 1020. The van der Waals surface area contributed by atoms with E-state index in [1.165, 1.54) is 4.31 Å². The normalized spacial score (nSPS) is 19.7. The summed E-state index contributed by atoms with van der Waals surface area (Å²) in [7, 11) is 1.32. The second kappa shape index (κ2) is 9.54. The van der Waals surface area contributed by atoms with Crippen LogP contribution in [0.4, 0.5) is 0 Å². The molecule has 0 spiro atoms. The lowest BCUT2D eigenvalue weighted by Gasteiger charge is -2.22. The molecule has 12 heteroatoms. The van der Waals surface area contributed by atoms with Crippen molar-refractivity contribution in [1.29, 1.82) is 0 Å². The summed E-state index contributed by atoms with van der Waals surface area (Å²) in [6.07, 6.45) is 3.54. The van der Waals surface area contributed by atoms with E-state index in [-0.39, 0.29) is 31.0 Å². The molecule has 0 aliphatic carbocycles. The number of imidazole rings is 1. The quantitative estimate of drug-likeness (QED) is 0.636. The van der Waals surface area contributed by atoms with Crippen molar-refractivity contribution < 1.29 is 37.3 Å². The number of nitrogens with zero attached hydrogens (tertiary/aromatic N) is 3. The van der Waals surface area contributed by atoms with Gasteiger partial charge in [0.2, 0.25) is 22.6 Å². The van der Waals surface area contributed by atoms with Crippen molar-refractivity contribution in [3.63, 3.8) is 0 Å². The second-order valence-electron chi connectivity index (χ2n) is 7.10. The highest BCUT2D eigenvalue weighted by molar-refractivity contribution is 7.89. The minimum absolute atomic E-state index is 0.0206. The number of hydrogen-bond donors (Lipinski definition) is 1. The van der Waals surface area contributed by atoms with Gasteiger partial charge in [-0.1, -0.05) is 0 Å². The molecule has 2 atom stereocenters. The highest BCUT2D eigenvalue weighted by Gasteiger charge is 2.35. The van der Waals surface area contributed by atoms with Crippen molar-refractivity contribution in [1.82, 2.24) is 13.9 Å². The van der Waals surface area contributed by atoms with Crippen LogP contribution in [0.5, 0.6) is 17.2 Å². The van der Waals surface area contributed by atoms with Crippen LogP contribution in [-0.4, -0.2) is 80.8 Å². The lowest BCUT2D eigenvalue weighted by atomic mass is 10.1. The Kier molecular flexibility index (Phi) is 7.03. The van der Waals surface area contributed by atoms with Crippen LogP contribution < -0.4 is 14.2 Å². The number of fused-ring (bicyclic) bond motifs is 1. The van der Waals surface area contributed by atoms with Gasteiger partial charge in [-0.05, 0) is 12.1 Å². The number of hydrogen-bond acceptors (Lipinski definition) is 8. The average Bonchev–Trinajstić information content (AvgIpc) is 3.47. The van der Waals surface area contributed by atoms with Crippen LogP contribution in [0.1, 0.15) is 6.04 Å². The maximum atomic E-state index is 12.4. The number of benzene rings is 1. The topological polar surface area (TPSA) is 129 Å². The van der Waals surface area contributed by atoms with E-state index in [1.54, 1.807) is 27.4 Å². The number of methoxy groups -OCH3 is 1. The Balaban J connectivity index is 0.000000858. The average molecular weight is 455 g/mol. The zero-order valence-electron chi connectivity index (χ0n) is 17.4. The van der Waals surface area contributed by atoms with Gasteiger partial charge in [-0.25, -0.2) is 17.7 Å². The zero-order chi connectivity index (χ0) is 22.6. The molecule has 31 heavy (non-hydrogen) atoms. The summed E-state index contributed by atoms with van der Waals surface area (Å²) >= 11 is 0. The smallest absolute Gasteiger partial charge is 0.290 e. The van der Waals surface area contributed by atoms with E-state index < -0.39 is 10.0 Å². The molecule has 1 fully saturated rings. The number of carboxylic acid groups (broad SMARTS) is 1. The first-order valence-electron chi connectivity index (χ1n) is 9.39. The fraction of sp³-hybridized carbons (Fsp3) is 0.474. The van der Waals surface area contributed by atoms with Crippen LogP contribution in [0.15, 0.2) is 24.5 Å². The lowest BCUT2D eigenvalue weighted by Crippen LogP contribution is -2.32. The number of rotatable bonds is 6. The largest absolute Gasteiger partial charge is 0.493 e. The van der Waals surface area contributed by atoms with E-state index in [2.05, 4.69) is 4.98 Å². The van der Waals surface area contributed by atoms with Crippen molar-refractivity contribution >= 4 is 16.5 Å². The molecule has 2 aliphatic heterocycles. The number of ether oxygens (including phenoxy) is 4. The molecule has 170 valence electrons. The lowest BCUT2D eigenvalue weighted by molar-refractivity contribution is -0.122. The van der Waals surface area contributed by atoms with Crippen LogP contribution >= 0.6 is 0 Å². The Labute approximate surface area is 180 Å². The van der Waals surface area contributed by atoms with Crippen LogP contribution in [-0.2, 0) is 19.6 Å². The number of carbonyl (C=O) groups is 1. The predicted octanol–water partition coefficient (Wildman–Crippen LogP) is 1.07. The van der Waals surface area contributed by atoms with Crippen LogP contribution in [0.25, 0.3) is 11.4 Å². The van der Waals surface area contributed by atoms with Gasteiger partial charge in [-0.15, -0.1) is 0 Å². The molecule has 1 aromatic carbocycles. The zero-order valence-corrected chi connectivity index (χ0v) is 18.2. The Morgan fingerprint density at radius 2 is 2.06 bits per heavy atom. The maximum Gasteiger partial charge on any atom is 0.290 e. The molecule has 2 aliphatic rings. The molecule has 0 bridgehead atoms. The van der Waals surface area contributed by atoms with Crippen molar-refractivity contribution in [2.75, 3.05) is 47.0 Å². The third-order valence-electron chi connectivity index (χ3n) is 5.09. The highest BCUT2D eigenvalue weighted by atomic mass is 32.2. The molecule has 0 unspecified atom stereocenters. The van der Waals surface area contributed by atoms with Gasteiger partial charge in [0.1, 0.15) is 5.82 Å². The second-order valence-corrected chi connectivity index (χ2v) is 9.33. The minimum Gasteiger partial charge on any atom is -0.493 e. The summed E-state index contributed by atoms with van der Waals surface area (Å²) in [5.74, 6) is 2.28. The fourth-order valence-corrected chi connectivity index (χ4v) is 4.69. The first kappa shape index (κ1) is 22.8. The van der Waals surface area contributed by atoms with Crippen LogP contribution in [0, 0.1) is 5.92 Å². The van der Waals surface area contributed by atoms with E-state index in [4.69, 9.17) is 28.8 Å². The Hall–Kier alpha value is -2.83. The molecule has 2 aromatic rings. The van der Waals surface area contributed by atoms with E-state index >= 15 is 0 Å². The number of aromatic nitrogens is 2. The third-order valence-corrected chi connectivity index (χ3v) is 7.05. The summed E-state index contributed by atoms with van der Waals surface area (Å²) in [5.41, 5.74) is 0.798. The summed E-state index contributed by atoms with van der Waals surface area (Å²) < 4.78 is 50.0. The molecule has 4 rings (SSSR count). The van der Waals surface area contributed by atoms with Crippen molar-refractivity contribution in [3.8, 4) is 28.6 Å². The molecule has 1 N–H and O–H groups in total. The molecular formula is C19H25N3O8S. The third kappa shape index (κ3) is 4.75. The molecule has 0 saturated carbocycles. The SMILES string of the molecule is COc1cc(-c2nccn2[C@@H]2COC[C@@H]2CS(=O)(=O)N(C)C)cc2c1OCO2.O=CO. The van der Waals surface area contributed by atoms with Gasteiger partial charge in [-0.2, -0.15) is 0 Å². The molecular weight excluding hydrogens is 430 g/mol. The molecule has 1 aromatic heterocycles. The molecule has 0 amide bonds. The Morgan fingerprint density at radius 3 is 2.74 bits per heavy atom. The van der Waals surface area contributed by atoms with Crippen LogP contribution in [0.2, 0.25) is 0 Å². The van der Waals surface area contributed by atoms with Crippen LogP contribution in [0.3, 0.4) is 0 Å². The van der Waals surface area contributed by atoms with Gasteiger partial charge in [0.15, 0.2) is 11.5 Å². The van der Waals surface area contributed by atoms with Gasteiger partial charge in [0.05, 0.1) is 32.1 Å². The minimum atomic E-state index is -3.34. The number of sulfonamides is 1. The van der Waals surface area contributed by atoms with Gasteiger partial charge in [0.25, 0.3) is 6.47 Å². The first-order valence-corrected chi connectivity index (χ1v) is 11.0. The van der Waals surface area contributed by atoms with Gasteiger partial charge in [0, 0.05) is 38.0 Å². The van der Waals surface area contributed by atoms with Gasteiger partial charge >= 0.3 is 0 Å². The van der Waals surface area contributed by atoms with Crippen molar-refractivity contribution in [3.05, 3.63) is 24.5 Å². The van der Waals surface area contributed by atoms with Gasteiger partial charge < -0.3 is 28.6 Å². The highest BCUT2D eigenvalue weighted by Crippen LogP contribution is 2.44. The van der Waals surface area contributed by atoms with E-state index in [9.17, 15) is 8.42 Å². The van der Waals surface area contributed by atoms with E-state index in [0.29, 0.717) is 36.3 Å². The van der Waals surface area contributed by atoms with E-state index in [1.807, 2.05) is 22.9 Å². The molecule has 3 heterocycles. The molecule has 11 nitrogen and oxygen atoms in total. The molecule has 0 radical (unpaired) electrons. The fourth-order valence-electron chi connectivity index (χ4n) is 3.54. The summed E-state index contributed by atoms with van der Waals surface area (Å²) in [6.45, 7) is 0.711. The standard InChI is InChI=1S/C18H23N3O6S.CH2O2/c1-20(2)28(22,23)10-13-8-25-9-14(13)21-5-4-19-18(21)12-6-15(24-3)17-16(7-12)26-11-27-17;2-1-3/h4-7,13-14H,8-11H2,1-3H3;1H,(H,2,3)/t13-,14-;/m1./s1. The predicted molar refractivity (Wildman–Crippen MR) is 110 cm³/mol.